The molecular weight excluding hydrogens is 202 g/mol. The van der Waals surface area contributed by atoms with Crippen LogP contribution in [-0.2, 0) is 4.79 Å². The molecule has 0 saturated heterocycles. The van der Waals surface area contributed by atoms with E-state index in [2.05, 4.69) is 4.98 Å². The number of H-pyrrole nitrogens is 1. The summed E-state index contributed by atoms with van der Waals surface area (Å²) >= 11 is 0. The van der Waals surface area contributed by atoms with E-state index in [0.717, 1.165) is 29.7 Å². The Morgan fingerprint density at radius 1 is 1.19 bits per heavy atom. The van der Waals surface area contributed by atoms with E-state index in [9.17, 15) is 9.59 Å². The summed E-state index contributed by atoms with van der Waals surface area (Å²) in [4.78, 5) is 25.7. The molecule has 3 heteroatoms. The van der Waals surface area contributed by atoms with Gasteiger partial charge in [0.15, 0.2) is 5.78 Å². The van der Waals surface area contributed by atoms with Gasteiger partial charge in [0.05, 0.1) is 0 Å². The lowest BCUT2D eigenvalue weighted by Gasteiger charge is -2.01. The molecule has 1 aromatic rings. The van der Waals surface area contributed by atoms with Gasteiger partial charge in [-0.05, 0) is 39.2 Å². The maximum absolute atomic E-state index is 11.9. The molecule has 0 fully saturated rings. The number of rotatable bonds is 6. The third kappa shape index (κ3) is 3.33. The second-order valence-corrected chi connectivity index (χ2v) is 4.30. The molecule has 3 nitrogen and oxygen atoms in total. The van der Waals surface area contributed by atoms with Crippen LogP contribution >= 0.6 is 0 Å². The van der Waals surface area contributed by atoms with Crippen molar-refractivity contribution in [2.75, 3.05) is 0 Å². The van der Waals surface area contributed by atoms with Gasteiger partial charge in [-0.25, -0.2) is 0 Å². The van der Waals surface area contributed by atoms with E-state index < -0.39 is 0 Å². The molecule has 1 rings (SSSR count). The summed E-state index contributed by atoms with van der Waals surface area (Å²) in [5, 5.41) is 0. The van der Waals surface area contributed by atoms with Crippen LogP contribution in [0.4, 0.5) is 0 Å². The quantitative estimate of drug-likeness (QED) is 0.593. The van der Waals surface area contributed by atoms with Gasteiger partial charge >= 0.3 is 0 Å². The average molecular weight is 221 g/mol. The van der Waals surface area contributed by atoms with Crippen LogP contribution in [0, 0.1) is 13.8 Å². The summed E-state index contributed by atoms with van der Waals surface area (Å²) in [6.07, 6.45) is 4.58. The smallest absolute Gasteiger partial charge is 0.164 e. The van der Waals surface area contributed by atoms with E-state index in [1.807, 2.05) is 20.0 Å². The summed E-state index contributed by atoms with van der Waals surface area (Å²) in [7, 11) is 0. The summed E-state index contributed by atoms with van der Waals surface area (Å²) in [6, 6.07) is 0. The fourth-order valence-corrected chi connectivity index (χ4v) is 1.87. The minimum absolute atomic E-state index is 0.180. The van der Waals surface area contributed by atoms with Gasteiger partial charge in [-0.15, -0.1) is 0 Å². The maximum Gasteiger partial charge on any atom is 0.164 e. The van der Waals surface area contributed by atoms with E-state index >= 15 is 0 Å². The summed E-state index contributed by atoms with van der Waals surface area (Å²) in [6.45, 7) is 5.43. The first-order valence-electron chi connectivity index (χ1n) is 5.69. The third-order valence-corrected chi connectivity index (χ3v) is 2.74. The number of nitrogens with one attached hydrogen (secondary N) is 1. The molecule has 0 radical (unpaired) electrons. The van der Waals surface area contributed by atoms with Gasteiger partial charge in [0.1, 0.15) is 5.78 Å². The maximum atomic E-state index is 11.9. The Labute approximate surface area is 96.2 Å². The zero-order valence-electron chi connectivity index (χ0n) is 10.2. The highest BCUT2D eigenvalue weighted by Crippen LogP contribution is 2.16. The first-order chi connectivity index (χ1) is 7.52. The number of aryl methyl sites for hydroxylation is 2. The van der Waals surface area contributed by atoms with E-state index in [4.69, 9.17) is 0 Å². The number of hydrogen-bond donors (Lipinski definition) is 1. The van der Waals surface area contributed by atoms with Crippen molar-refractivity contribution in [2.45, 2.75) is 46.5 Å². The number of hydrogen-bond acceptors (Lipinski definition) is 2. The van der Waals surface area contributed by atoms with Crippen LogP contribution in [0.5, 0.6) is 0 Å². The number of aromatic amines is 1. The Morgan fingerprint density at radius 2 is 1.81 bits per heavy atom. The van der Waals surface area contributed by atoms with Crippen LogP contribution in [0.3, 0.4) is 0 Å². The number of carbonyl (C=O) groups is 2. The average Bonchev–Trinajstić information content (AvgIpc) is 2.53. The molecule has 0 bridgehead atoms. The van der Waals surface area contributed by atoms with Gasteiger partial charge in [0.2, 0.25) is 0 Å². The molecule has 0 aliphatic heterocycles. The molecule has 16 heavy (non-hydrogen) atoms. The number of unbranched alkanes of at least 4 members (excludes halogenated alkanes) is 1. The zero-order chi connectivity index (χ0) is 12.1. The Kier molecular flexibility index (Phi) is 4.47. The monoisotopic (exact) mass is 221 g/mol. The minimum atomic E-state index is 0.180. The molecule has 0 amide bonds. The van der Waals surface area contributed by atoms with Gasteiger partial charge in [0.25, 0.3) is 0 Å². The Morgan fingerprint density at radius 3 is 2.31 bits per heavy atom. The molecule has 1 N–H and O–H groups in total. The second-order valence-electron chi connectivity index (χ2n) is 4.30. The largest absolute Gasteiger partial charge is 0.364 e. The van der Waals surface area contributed by atoms with E-state index in [1.165, 1.54) is 0 Å². The van der Waals surface area contributed by atoms with E-state index in [1.54, 1.807) is 6.92 Å². The molecule has 88 valence electrons. The molecular formula is C13H19NO2. The first-order valence-corrected chi connectivity index (χ1v) is 5.69. The van der Waals surface area contributed by atoms with Gasteiger partial charge < -0.3 is 9.78 Å². The second kappa shape index (κ2) is 5.64. The standard InChI is InChI=1S/C13H19NO2/c1-9-8-14-11(3)13(9)12(16)7-5-4-6-10(2)15/h8,14H,4-7H2,1-3H3. The zero-order valence-corrected chi connectivity index (χ0v) is 10.2. The van der Waals surface area contributed by atoms with Crippen molar-refractivity contribution in [3.63, 3.8) is 0 Å². The SMILES string of the molecule is CC(=O)CCCCC(=O)c1c(C)c[nH]c1C. The number of ketones is 2. The van der Waals surface area contributed by atoms with Crippen molar-refractivity contribution in [3.05, 3.63) is 23.0 Å². The molecule has 0 spiro atoms. The Hall–Kier alpha value is -1.38. The lowest BCUT2D eigenvalue weighted by atomic mass is 10.0. The highest BCUT2D eigenvalue weighted by molar-refractivity contribution is 5.98. The van der Waals surface area contributed by atoms with E-state index in [0.29, 0.717) is 12.8 Å². The lowest BCUT2D eigenvalue weighted by Crippen LogP contribution is -2.02. The van der Waals surface area contributed by atoms with Crippen molar-refractivity contribution in [2.24, 2.45) is 0 Å². The van der Waals surface area contributed by atoms with Crippen LogP contribution in [-0.4, -0.2) is 16.6 Å². The predicted molar refractivity (Wildman–Crippen MR) is 63.7 cm³/mol. The highest BCUT2D eigenvalue weighted by atomic mass is 16.1. The van der Waals surface area contributed by atoms with Gasteiger partial charge in [-0.2, -0.15) is 0 Å². The summed E-state index contributed by atoms with van der Waals surface area (Å²) in [5.41, 5.74) is 2.77. The Bertz CT molecular complexity index is 371. The normalized spacial score (nSPS) is 10.4. The van der Waals surface area contributed by atoms with Gasteiger partial charge in [-0.3, -0.25) is 4.79 Å². The number of aromatic nitrogens is 1. The molecule has 0 unspecified atom stereocenters. The number of carbonyl (C=O) groups excluding carboxylic acids is 2. The number of Topliss-reactive ketones (excluding diaryl/α,β-unsaturated/α-hetero) is 2. The molecule has 0 aromatic carbocycles. The predicted octanol–water partition coefficient (Wildman–Crippen LogP) is 2.96. The highest BCUT2D eigenvalue weighted by Gasteiger charge is 2.12. The van der Waals surface area contributed by atoms with Crippen molar-refractivity contribution < 1.29 is 9.59 Å². The molecule has 1 aromatic heterocycles. The van der Waals surface area contributed by atoms with Crippen LogP contribution in [0.1, 0.15) is 54.2 Å². The van der Waals surface area contributed by atoms with Crippen molar-refractivity contribution in [3.8, 4) is 0 Å². The molecule has 0 atom stereocenters. The van der Waals surface area contributed by atoms with Gasteiger partial charge in [0, 0.05) is 30.3 Å². The first kappa shape index (κ1) is 12.7. The summed E-state index contributed by atoms with van der Waals surface area (Å²) in [5.74, 6) is 0.376. The minimum Gasteiger partial charge on any atom is -0.364 e. The molecule has 1 heterocycles. The van der Waals surface area contributed by atoms with Crippen LogP contribution in [0.2, 0.25) is 0 Å². The molecule has 0 saturated carbocycles. The van der Waals surface area contributed by atoms with Crippen LogP contribution < -0.4 is 0 Å². The van der Waals surface area contributed by atoms with Crippen LogP contribution in [0.15, 0.2) is 6.20 Å². The lowest BCUT2D eigenvalue weighted by molar-refractivity contribution is -0.117. The fourth-order valence-electron chi connectivity index (χ4n) is 1.87. The van der Waals surface area contributed by atoms with Crippen LogP contribution in [0.25, 0.3) is 0 Å². The molecule has 0 aliphatic rings. The summed E-state index contributed by atoms with van der Waals surface area (Å²) < 4.78 is 0. The van der Waals surface area contributed by atoms with Crippen molar-refractivity contribution >= 4 is 11.6 Å². The van der Waals surface area contributed by atoms with Gasteiger partial charge in [-0.1, -0.05) is 0 Å². The van der Waals surface area contributed by atoms with Crippen molar-refractivity contribution in [1.82, 2.24) is 4.98 Å². The molecule has 0 aliphatic carbocycles. The van der Waals surface area contributed by atoms with Crippen molar-refractivity contribution in [1.29, 1.82) is 0 Å². The fraction of sp³-hybridized carbons (Fsp3) is 0.538. The van der Waals surface area contributed by atoms with E-state index in [-0.39, 0.29) is 11.6 Å². The Balaban J connectivity index is 2.44. The topological polar surface area (TPSA) is 49.9 Å². The third-order valence-electron chi connectivity index (χ3n) is 2.74.